The van der Waals surface area contributed by atoms with Gasteiger partial charge in [0.25, 0.3) is 0 Å². The summed E-state index contributed by atoms with van der Waals surface area (Å²) >= 11 is 0. The molecule has 162 valence electrons. The molecule has 2 aliphatic heterocycles. The first-order chi connectivity index (χ1) is 14.4. The molecule has 0 saturated carbocycles. The van der Waals surface area contributed by atoms with Crippen molar-refractivity contribution in [1.29, 1.82) is 0 Å². The highest BCUT2D eigenvalue weighted by Gasteiger charge is 2.47. The number of aromatic nitrogens is 3. The summed E-state index contributed by atoms with van der Waals surface area (Å²) in [5.41, 5.74) is 1.49. The van der Waals surface area contributed by atoms with E-state index in [9.17, 15) is 8.42 Å². The van der Waals surface area contributed by atoms with Gasteiger partial charge in [0.15, 0.2) is 5.75 Å². The molecule has 0 radical (unpaired) electrons. The van der Waals surface area contributed by atoms with Gasteiger partial charge < -0.3 is 9.47 Å². The molecule has 2 aliphatic rings. The number of rotatable bonds is 7. The van der Waals surface area contributed by atoms with Crippen LogP contribution in [-0.4, -0.2) is 51.6 Å². The summed E-state index contributed by atoms with van der Waals surface area (Å²) in [6, 6.07) is 3.68. The van der Waals surface area contributed by atoms with Gasteiger partial charge in [0.05, 0.1) is 17.0 Å². The topological polar surface area (TPSA) is 94.5 Å². The standard InChI is InChI=1S/C21H28N4O4S/c1-4-10-30(26,27)25-16-7-8-17(25)12-18(11-16)28-20-14(2)21(24-13-23-20)29-19-6-5-9-22-15(19)3/h5-6,9,13,16-18H,4,7-8,10-12H2,1-3H3/t16-,17-/m0/s1. The minimum absolute atomic E-state index is 0.0150. The molecule has 4 heterocycles. The van der Waals surface area contributed by atoms with Crippen LogP contribution in [-0.2, 0) is 10.0 Å². The van der Waals surface area contributed by atoms with E-state index in [1.54, 1.807) is 10.5 Å². The van der Waals surface area contributed by atoms with Crippen molar-refractivity contribution in [3.8, 4) is 17.5 Å². The molecule has 2 saturated heterocycles. The van der Waals surface area contributed by atoms with Gasteiger partial charge in [-0.3, -0.25) is 4.98 Å². The third-order valence-corrected chi connectivity index (χ3v) is 8.00. The van der Waals surface area contributed by atoms with Crippen molar-refractivity contribution in [3.05, 3.63) is 35.9 Å². The molecule has 4 rings (SSSR count). The number of aryl methyl sites for hydroxylation is 1. The Labute approximate surface area is 177 Å². The lowest BCUT2D eigenvalue weighted by atomic mass is 10.0. The molecule has 2 bridgehead atoms. The zero-order valence-electron chi connectivity index (χ0n) is 17.6. The smallest absolute Gasteiger partial charge is 0.229 e. The van der Waals surface area contributed by atoms with Gasteiger partial charge in [0.2, 0.25) is 21.8 Å². The number of hydrogen-bond acceptors (Lipinski definition) is 7. The van der Waals surface area contributed by atoms with Crippen LogP contribution < -0.4 is 9.47 Å². The Bertz CT molecular complexity index is 1000. The van der Waals surface area contributed by atoms with E-state index in [0.717, 1.165) is 18.5 Å². The van der Waals surface area contributed by atoms with Crippen LogP contribution in [0.25, 0.3) is 0 Å². The van der Waals surface area contributed by atoms with E-state index in [1.807, 2.05) is 32.9 Å². The maximum atomic E-state index is 12.7. The predicted molar refractivity (Wildman–Crippen MR) is 112 cm³/mol. The Balaban J connectivity index is 1.48. The van der Waals surface area contributed by atoms with Crippen LogP contribution in [0.1, 0.15) is 50.3 Å². The van der Waals surface area contributed by atoms with Crippen molar-refractivity contribution >= 4 is 10.0 Å². The molecule has 0 amide bonds. The van der Waals surface area contributed by atoms with Crippen LogP contribution in [0.2, 0.25) is 0 Å². The van der Waals surface area contributed by atoms with E-state index >= 15 is 0 Å². The van der Waals surface area contributed by atoms with Crippen LogP contribution in [0.4, 0.5) is 0 Å². The number of sulfonamides is 1. The first kappa shape index (κ1) is 21.0. The molecule has 30 heavy (non-hydrogen) atoms. The largest absolute Gasteiger partial charge is 0.474 e. The van der Waals surface area contributed by atoms with Gasteiger partial charge in [-0.15, -0.1) is 0 Å². The molecule has 2 aromatic heterocycles. The van der Waals surface area contributed by atoms with E-state index in [0.29, 0.717) is 42.3 Å². The van der Waals surface area contributed by atoms with E-state index in [2.05, 4.69) is 15.0 Å². The summed E-state index contributed by atoms with van der Waals surface area (Å²) in [7, 11) is -3.19. The third kappa shape index (κ3) is 4.13. The molecular weight excluding hydrogens is 404 g/mol. The predicted octanol–water partition coefficient (Wildman–Crippen LogP) is 3.39. The lowest BCUT2D eigenvalue weighted by molar-refractivity contribution is 0.0907. The molecule has 8 nitrogen and oxygen atoms in total. The Hall–Kier alpha value is -2.26. The van der Waals surface area contributed by atoms with Crippen LogP contribution in [0.15, 0.2) is 24.7 Å². The highest BCUT2D eigenvalue weighted by atomic mass is 32.2. The number of piperidine rings is 1. The zero-order chi connectivity index (χ0) is 21.3. The summed E-state index contributed by atoms with van der Waals surface area (Å²) in [6.45, 7) is 5.64. The molecule has 9 heteroatoms. The van der Waals surface area contributed by atoms with Crippen LogP contribution in [0.3, 0.4) is 0 Å². The average Bonchev–Trinajstić information content (AvgIpc) is 2.99. The maximum Gasteiger partial charge on any atom is 0.229 e. The summed E-state index contributed by atoms with van der Waals surface area (Å²) in [5, 5.41) is 0. The van der Waals surface area contributed by atoms with Crippen molar-refractivity contribution < 1.29 is 17.9 Å². The van der Waals surface area contributed by atoms with E-state index in [-0.39, 0.29) is 23.9 Å². The molecule has 0 aliphatic carbocycles. The van der Waals surface area contributed by atoms with E-state index in [1.165, 1.54) is 6.33 Å². The number of fused-ring (bicyclic) bond motifs is 2. The Morgan fingerprint density at radius 3 is 2.47 bits per heavy atom. The molecule has 2 aromatic rings. The van der Waals surface area contributed by atoms with Crippen molar-refractivity contribution in [1.82, 2.24) is 19.3 Å². The summed E-state index contributed by atoms with van der Waals surface area (Å²) in [4.78, 5) is 12.8. The van der Waals surface area contributed by atoms with E-state index < -0.39 is 10.0 Å². The van der Waals surface area contributed by atoms with Gasteiger partial charge in [-0.25, -0.2) is 18.4 Å². The van der Waals surface area contributed by atoms with Crippen molar-refractivity contribution in [3.63, 3.8) is 0 Å². The van der Waals surface area contributed by atoms with Crippen molar-refractivity contribution in [2.45, 2.75) is 71.1 Å². The third-order valence-electron chi connectivity index (χ3n) is 5.84. The van der Waals surface area contributed by atoms with Gasteiger partial charge in [0, 0.05) is 31.1 Å². The van der Waals surface area contributed by atoms with Gasteiger partial charge in [-0.2, -0.15) is 4.31 Å². The normalized spacial score (nSPS) is 24.0. The lowest BCUT2D eigenvalue weighted by Crippen LogP contribution is -2.49. The fourth-order valence-corrected chi connectivity index (χ4v) is 6.50. The molecule has 0 spiro atoms. The molecule has 2 fully saturated rings. The lowest BCUT2D eigenvalue weighted by Gasteiger charge is -2.37. The fourth-order valence-electron chi connectivity index (χ4n) is 4.48. The van der Waals surface area contributed by atoms with Gasteiger partial charge in [-0.1, -0.05) is 6.92 Å². The second-order valence-corrected chi connectivity index (χ2v) is 10.0. The van der Waals surface area contributed by atoms with E-state index in [4.69, 9.17) is 9.47 Å². The Morgan fingerprint density at radius 2 is 1.80 bits per heavy atom. The molecular formula is C21H28N4O4S. The van der Waals surface area contributed by atoms with Gasteiger partial charge in [0.1, 0.15) is 12.4 Å². The number of hydrogen-bond donors (Lipinski definition) is 0. The molecule has 0 aromatic carbocycles. The first-order valence-corrected chi connectivity index (χ1v) is 12.1. The SMILES string of the molecule is CCCS(=O)(=O)N1[C@H]2CC[C@H]1CC(Oc1ncnc(Oc3cccnc3C)c1C)C2. The fraction of sp³-hybridized carbons (Fsp3) is 0.571. The number of pyridine rings is 1. The number of nitrogens with zero attached hydrogens (tertiary/aromatic N) is 4. The van der Waals surface area contributed by atoms with Crippen molar-refractivity contribution in [2.75, 3.05) is 5.75 Å². The monoisotopic (exact) mass is 432 g/mol. The second kappa shape index (κ2) is 8.47. The molecule has 0 unspecified atom stereocenters. The number of ether oxygens (including phenoxy) is 2. The highest BCUT2D eigenvalue weighted by molar-refractivity contribution is 7.89. The Kier molecular flexibility index (Phi) is 5.92. The summed E-state index contributed by atoms with van der Waals surface area (Å²) < 4.78 is 39.2. The minimum Gasteiger partial charge on any atom is -0.474 e. The second-order valence-electron chi connectivity index (χ2n) is 8.04. The highest BCUT2D eigenvalue weighted by Crippen LogP contribution is 2.40. The van der Waals surface area contributed by atoms with Gasteiger partial charge in [-0.05, 0) is 45.2 Å². The summed E-state index contributed by atoms with van der Waals surface area (Å²) in [5.74, 6) is 1.76. The zero-order valence-corrected chi connectivity index (χ0v) is 18.4. The summed E-state index contributed by atoms with van der Waals surface area (Å²) in [6.07, 6.45) is 6.86. The van der Waals surface area contributed by atoms with Crippen LogP contribution in [0.5, 0.6) is 17.5 Å². The molecule has 2 atom stereocenters. The Morgan fingerprint density at radius 1 is 1.10 bits per heavy atom. The van der Waals surface area contributed by atoms with Crippen molar-refractivity contribution in [2.24, 2.45) is 0 Å². The van der Waals surface area contributed by atoms with Gasteiger partial charge >= 0.3 is 0 Å². The maximum absolute atomic E-state index is 12.7. The molecule has 0 N–H and O–H groups in total. The minimum atomic E-state index is -3.19. The quantitative estimate of drug-likeness (QED) is 0.662. The van der Waals surface area contributed by atoms with Crippen LogP contribution in [0, 0.1) is 13.8 Å². The average molecular weight is 433 g/mol. The first-order valence-electron chi connectivity index (χ1n) is 10.5. The van der Waals surface area contributed by atoms with Crippen LogP contribution >= 0.6 is 0 Å².